The van der Waals surface area contributed by atoms with Crippen molar-refractivity contribution < 1.29 is 26.4 Å². The lowest BCUT2D eigenvalue weighted by Gasteiger charge is -2.07. The maximum Gasteiger partial charge on any atom is 0.421 e. The van der Waals surface area contributed by atoms with Crippen molar-refractivity contribution in [2.75, 3.05) is 13.7 Å². The van der Waals surface area contributed by atoms with Gasteiger partial charge in [-0.05, 0) is 24.1 Å². The van der Waals surface area contributed by atoms with E-state index in [-0.39, 0.29) is 11.4 Å². The van der Waals surface area contributed by atoms with Gasteiger partial charge in [-0.2, -0.15) is 13.1 Å². The van der Waals surface area contributed by atoms with Crippen LogP contribution in [0.4, 0.5) is 4.79 Å². The van der Waals surface area contributed by atoms with Crippen molar-refractivity contribution in [3.63, 3.8) is 0 Å². The molecule has 21 heavy (non-hydrogen) atoms. The van der Waals surface area contributed by atoms with E-state index in [1.807, 2.05) is 0 Å². The van der Waals surface area contributed by atoms with Crippen LogP contribution in [0.3, 0.4) is 0 Å². The molecule has 0 heterocycles. The van der Waals surface area contributed by atoms with Crippen LogP contribution in [0.15, 0.2) is 29.2 Å². The molecule has 0 bridgehead atoms. The smallest absolute Gasteiger partial charge is 0.421 e. The number of carbonyl (C=O) groups excluding carboxylic acids is 1. The third-order valence-corrected chi connectivity index (χ3v) is 4.31. The molecule has 0 aromatic heterocycles. The lowest BCUT2D eigenvalue weighted by atomic mass is 10.2. The average molecular weight is 337 g/mol. The second-order valence-corrected chi connectivity index (χ2v) is 6.99. The lowest BCUT2D eigenvalue weighted by Crippen LogP contribution is -2.40. The first-order valence-electron chi connectivity index (χ1n) is 5.61. The van der Waals surface area contributed by atoms with Crippen molar-refractivity contribution >= 4 is 26.3 Å². The Morgan fingerprint density at radius 1 is 1.19 bits per heavy atom. The number of ether oxygens (including phenoxy) is 1. The van der Waals surface area contributed by atoms with Crippen LogP contribution in [0.25, 0.3) is 0 Å². The van der Waals surface area contributed by atoms with E-state index in [2.05, 4.69) is 9.46 Å². The number of benzene rings is 1. The first kappa shape index (κ1) is 17.4. The summed E-state index contributed by atoms with van der Waals surface area (Å²) in [6.45, 7) is 0.0149. The van der Waals surface area contributed by atoms with E-state index in [1.54, 1.807) is 4.72 Å². The summed E-state index contributed by atoms with van der Waals surface area (Å²) in [5.41, 5.74) is 0.697. The van der Waals surface area contributed by atoms with E-state index in [9.17, 15) is 21.6 Å². The number of primary sulfonamides is 1. The lowest BCUT2D eigenvalue weighted by molar-refractivity contribution is 0.177. The van der Waals surface area contributed by atoms with Crippen LogP contribution in [0.5, 0.6) is 0 Å². The van der Waals surface area contributed by atoms with Gasteiger partial charge in [-0.3, -0.25) is 0 Å². The van der Waals surface area contributed by atoms with Gasteiger partial charge in [0.1, 0.15) is 0 Å². The fourth-order valence-electron chi connectivity index (χ4n) is 1.36. The molecule has 0 spiro atoms. The standard InChI is InChI=1S/C10H15N3O6S2/c1-19-10(14)13-21(17,18)12-7-6-8-2-4-9(5-3-8)20(11,15)16/h2-5,12H,6-7H2,1H3,(H,13,14)(H2,11,15,16). The number of rotatable bonds is 6. The maximum atomic E-state index is 11.4. The summed E-state index contributed by atoms with van der Waals surface area (Å²) in [6, 6.07) is 5.68. The second-order valence-electron chi connectivity index (χ2n) is 3.93. The number of methoxy groups -OCH3 is 1. The van der Waals surface area contributed by atoms with Crippen LogP contribution >= 0.6 is 0 Å². The molecule has 0 radical (unpaired) electrons. The van der Waals surface area contributed by atoms with Gasteiger partial charge in [-0.15, -0.1) is 0 Å². The molecule has 1 amide bonds. The minimum absolute atomic E-state index is 0.0149. The highest BCUT2D eigenvalue weighted by molar-refractivity contribution is 7.89. The Bertz CT molecular complexity index is 697. The van der Waals surface area contributed by atoms with Crippen molar-refractivity contribution in [3.8, 4) is 0 Å². The van der Waals surface area contributed by atoms with Crippen LogP contribution in [0.2, 0.25) is 0 Å². The Hall–Kier alpha value is -1.69. The van der Waals surface area contributed by atoms with Gasteiger partial charge in [0.25, 0.3) is 0 Å². The Labute approximate surface area is 122 Å². The molecule has 0 aliphatic carbocycles. The number of nitrogens with two attached hydrogens (primary N) is 1. The zero-order valence-electron chi connectivity index (χ0n) is 11.1. The molecule has 1 rings (SSSR count). The summed E-state index contributed by atoms with van der Waals surface area (Å²) >= 11 is 0. The van der Waals surface area contributed by atoms with Crippen molar-refractivity contribution in [2.45, 2.75) is 11.3 Å². The highest BCUT2D eigenvalue weighted by Gasteiger charge is 2.13. The minimum atomic E-state index is -3.98. The molecule has 0 fully saturated rings. The molecule has 4 N–H and O–H groups in total. The molecule has 1 aromatic carbocycles. The fraction of sp³-hybridized carbons (Fsp3) is 0.300. The molecule has 0 saturated carbocycles. The third-order valence-electron chi connectivity index (χ3n) is 2.36. The number of amides is 1. The normalized spacial score (nSPS) is 11.9. The third kappa shape index (κ3) is 6.08. The van der Waals surface area contributed by atoms with E-state index in [0.717, 1.165) is 7.11 Å². The zero-order chi connectivity index (χ0) is 16.1. The Balaban J connectivity index is 2.55. The van der Waals surface area contributed by atoms with Crippen LogP contribution in [-0.4, -0.2) is 36.6 Å². The van der Waals surface area contributed by atoms with Gasteiger partial charge in [0.2, 0.25) is 10.0 Å². The summed E-state index contributed by atoms with van der Waals surface area (Å²) in [5, 5.41) is 4.95. The molecule has 9 nitrogen and oxygen atoms in total. The Morgan fingerprint density at radius 2 is 1.76 bits per heavy atom. The summed E-state index contributed by atoms with van der Waals surface area (Å²) in [4.78, 5) is 10.7. The SMILES string of the molecule is COC(=O)NS(=O)(=O)NCCc1ccc(S(N)(=O)=O)cc1. The summed E-state index contributed by atoms with van der Waals surface area (Å²) in [5.74, 6) is 0. The van der Waals surface area contributed by atoms with E-state index in [4.69, 9.17) is 5.14 Å². The molecule has 0 aliphatic rings. The quantitative estimate of drug-likeness (QED) is 0.611. The predicted molar refractivity (Wildman–Crippen MR) is 74.0 cm³/mol. The van der Waals surface area contributed by atoms with Crippen LogP contribution in [0.1, 0.15) is 5.56 Å². The van der Waals surface area contributed by atoms with Crippen LogP contribution < -0.4 is 14.6 Å². The number of hydrogen-bond acceptors (Lipinski definition) is 6. The van der Waals surface area contributed by atoms with Crippen molar-refractivity contribution in [1.29, 1.82) is 0 Å². The first-order chi connectivity index (χ1) is 9.64. The van der Waals surface area contributed by atoms with Gasteiger partial charge < -0.3 is 4.74 Å². The number of sulfonamides is 1. The van der Waals surface area contributed by atoms with E-state index in [1.165, 1.54) is 24.3 Å². The maximum absolute atomic E-state index is 11.4. The Morgan fingerprint density at radius 3 is 2.24 bits per heavy atom. The highest BCUT2D eigenvalue weighted by atomic mass is 32.2. The van der Waals surface area contributed by atoms with Crippen molar-refractivity contribution in [3.05, 3.63) is 29.8 Å². The average Bonchev–Trinajstić information content (AvgIpc) is 2.37. The second kappa shape index (κ2) is 6.85. The van der Waals surface area contributed by atoms with Gasteiger partial charge in [-0.1, -0.05) is 12.1 Å². The fourth-order valence-corrected chi connectivity index (χ4v) is 2.62. The van der Waals surface area contributed by atoms with Crippen LogP contribution in [0, 0.1) is 0 Å². The van der Waals surface area contributed by atoms with Gasteiger partial charge in [-0.25, -0.2) is 23.1 Å². The van der Waals surface area contributed by atoms with Gasteiger partial charge in [0.05, 0.1) is 12.0 Å². The van der Waals surface area contributed by atoms with E-state index >= 15 is 0 Å². The highest BCUT2D eigenvalue weighted by Crippen LogP contribution is 2.08. The van der Waals surface area contributed by atoms with Crippen molar-refractivity contribution in [1.82, 2.24) is 9.44 Å². The molecular weight excluding hydrogens is 322 g/mol. The van der Waals surface area contributed by atoms with E-state index < -0.39 is 26.3 Å². The van der Waals surface area contributed by atoms with E-state index in [0.29, 0.717) is 12.0 Å². The summed E-state index contributed by atoms with van der Waals surface area (Å²) in [7, 11) is -6.70. The predicted octanol–water partition coefficient (Wildman–Crippen LogP) is -0.933. The summed E-state index contributed by atoms with van der Waals surface area (Å²) < 4.78 is 52.7. The van der Waals surface area contributed by atoms with Crippen molar-refractivity contribution in [2.24, 2.45) is 5.14 Å². The van der Waals surface area contributed by atoms with Gasteiger partial charge in [0, 0.05) is 6.54 Å². The summed E-state index contributed by atoms with van der Waals surface area (Å²) in [6.07, 6.45) is -0.799. The molecular formula is C10H15N3O6S2. The van der Waals surface area contributed by atoms with Crippen LogP contribution in [-0.2, 0) is 31.4 Å². The van der Waals surface area contributed by atoms with Gasteiger partial charge >= 0.3 is 16.3 Å². The van der Waals surface area contributed by atoms with Gasteiger partial charge in [0.15, 0.2) is 0 Å². The molecule has 1 aromatic rings. The zero-order valence-corrected chi connectivity index (χ0v) is 12.7. The molecule has 0 saturated heterocycles. The number of nitrogens with one attached hydrogen (secondary N) is 2. The molecule has 0 atom stereocenters. The topological polar surface area (TPSA) is 145 Å². The molecule has 0 unspecified atom stereocenters. The number of carbonyl (C=O) groups is 1. The number of hydrogen-bond donors (Lipinski definition) is 3. The minimum Gasteiger partial charge on any atom is -0.452 e. The first-order valence-corrected chi connectivity index (χ1v) is 8.64. The molecule has 118 valence electrons. The molecule has 0 aliphatic heterocycles. The Kier molecular flexibility index (Phi) is 5.66. The monoisotopic (exact) mass is 337 g/mol. The molecule has 11 heteroatoms. The largest absolute Gasteiger partial charge is 0.452 e.